The SMILES string of the molecule is C=CCC(O)C(C)(C)[N+](=O)[O-]. The molecule has 0 radical (unpaired) electrons. The molecule has 0 heterocycles. The van der Waals surface area contributed by atoms with Gasteiger partial charge in [-0.2, -0.15) is 0 Å². The summed E-state index contributed by atoms with van der Waals surface area (Å²) in [5, 5.41) is 19.6. The van der Waals surface area contributed by atoms with Gasteiger partial charge in [-0.25, -0.2) is 0 Å². The average molecular weight is 159 g/mol. The minimum Gasteiger partial charge on any atom is -0.385 e. The molecule has 0 aromatic rings. The summed E-state index contributed by atoms with van der Waals surface area (Å²) in [4.78, 5) is 9.86. The van der Waals surface area contributed by atoms with E-state index in [-0.39, 0.29) is 6.42 Å². The van der Waals surface area contributed by atoms with Crippen LogP contribution in [0.4, 0.5) is 0 Å². The zero-order valence-electron chi connectivity index (χ0n) is 6.78. The molecule has 0 saturated heterocycles. The van der Waals surface area contributed by atoms with Gasteiger partial charge in [-0.3, -0.25) is 10.1 Å². The molecule has 4 nitrogen and oxygen atoms in total. The van der Waals surface area contributed by atoms with Crippen molar-refractivity contribution in [2.75, 3.05) is 0 Å². The number of nitro groups is 1. The van der Waals surface area contributed by atoms with Gasteiger partial charge in [-0.15, -0.1) is 6.58 Å². The highest BCUT2D eigenvalue weighted by molar-refractivity contribution is 4.83. The second kappa shape index (κ2) is 3.48. The highest BCUT2D eigenvalue weighted by atomic mass is 16.6. The molecule has 0 aliphatic heterocycles. The molecule has 0 aliphatic carbocycles. The summed E-state index contributed by atoms with van der Waals surface area (Å²) >= 11 is 0. The van der Waals surface area contributed by atoms with E-state index in [1.165, 1.54) is 19.9 Å². The van der Waals surface area contributed by atoms with Gasteiger partial charge >= 0.3 is 0 Å². The number of aliphatic hydroxyl groups is 1. The lowest BCUT2D eigenvalue weighted by molar-refractivity contribution is -0.573. The molecule has 1 atom stereocenters. The first-order chi connectivity index (χ1) is 4.92. The Balaban J connectivity index is 4.28. The molecule has 0 fully saturated rings. The Labute approximate surface area is 65.7 Å². The highest BCUT2D eigenvalue weighted by Gasteiger charge is 2.38. The minimum atomic E-state index is -1.28. The minimum absolute atomic E-state index is 0.244. The first-order valence-corrected chi connectivity index (χ1v) is 3.36. The molecule has 0 bridgehead atoms. The van der Waals surface area contributed by atoms with Gasteiger partial charge in [0.15, 0.2) is 0 Å². The molecule has 64 valence electrons. The quantitative estimate of drug-likeness (QED) is 0.378. The molecule has 0 aromatic heterocycles. The Kier molecular flexibility index (Phi) is 3.19. The monoisotopic (exact) mass is 159 g/mol. The van der Waals surface area contributed by atoms with Crippen molar-refractivity contribution in [2.45, 2.75) is 31.9 Å². The molecule has 0 saturated carbocycles. The standard InChI is InChI=1S/C7H13NO3/c1-4-5-6(9)7(2,3)8(10)11/h4,6,9H,1,5H2,2-3H3. The van der Waals surface area contributed by atoms with E-state index in [0.717, 1.165) is 0 Å². The van der Waals surface area contributed by atoms with E-state index < -0.39 is 16.6 Å². The maximum absolute atomic E-state index is 10.3. The van der Waals surface area contributed by atoms with Crippen LogP contribution in [0, 0.1) is 10.1 Å². The summed E-state index contributed by atoms with van der Waals surface area (Å²) < 4.78 is 0. The summed E-state index contributed by atoms with van der Waals surface area (Å²) in [6.07, 6.45) is 0.749. The number of hydrogen-bond acceptors (Lipinski definition) is 3. The van der Waals surface area contributed by atoms with Crippen molar-refractivity contribution in [3.8, 4) is 0 Å². The van der Waals surface area contributed by atoms with E-state index in [1.807, 2.05) is 0 Å². The van der Waals surface area contributed by atoms with Gasteiger partial charge in [0, 0.05) is 18.8 Å². The second-order valence-corrected chi connectivity index (χ2v) is 2.95. The zero-order valence-corrected chi connectivity index (χ0v) is 6.78. The fraction of sp³-hybridized carbons (Fsp3) is 0.714. The van der Waals surface area contributed by atoms with Gasteiger partial charge in [0.05, 0.1) is 0 Å². The average Bonchev–Trinajstić information content (AvgIpc) is 1.88. The smallest absolute Gasteiger partial charge is 0.242 e. The van der Waals surface area contributed by atoms with Crippen molar-refractivity contribution in [3.63, 3.8) is 0 Å². The van der Waals surface area contributed by atoms with Crippen LogP contribution in [0.5, 0.6) is 0 Å². The predicted octanol–water partition coefficient (Wildman–Crippen LogP) is 0.979. The van der Waals surface area contributed by atoms with Gasteiger partial charge in [0.1, 0.15) is 6.10 Å². The molecule has 1 unspecified atom stereocenters. The van der Waals surface area contributed by atoms with Crippen LogP contribution in [0.25, 0.3) is 0 Å². The molecule has 0 amide bonds. The summed E-state index contributed by atoms with van der Waals surface area (Å²) in [5.74, 6) is 0. The van der Waals surface area contributed by atoms with Crippen LogP contribution in [-0.4, -0.2) is 21.7 Å². The van der Waals surface area contributed by atoms with E-state index in [2.05, 4.69) is 6.58 Å². The fourth-order valence-corrected chi connectivity index (χ4v) is 0.568. The van der Waals surface area contributed by atoms with Gasteiger partial charge in [-0.05, 0) is 6.42 Å². The van der Waals surface area contributed by atoms with Crippen LogP contribution in [0.15, 0.2) is 12.7 Å². The lowest BCUT2D eigenvalue weighted by atomic mass is 9.96. The van der Waals surface area contributed by atoms with Gasteiger partial charge in [0.2, 0.25) is 5.54 Å². The van der Waals surface area contributed by atoms with E-state index in [0.29, 0.717) is 0 Å². The third kappa shape index (κ3) is 2.31. The highest BCUT2D eigenvalue weighted by Crippen LogP contribution is 2.16. The normalized spacial score (nSPS) is 14.1. The van der Waals surface area contributed by atoms with Crippen LogP contribution in [0.2, 0.25) is 0 Å². The van der Waals surface area contributed by atoms with E-state index in [9.17, 15) is 15.2 Å². The lowest BCUT2D eigenvalue weighted by Gasteiger charge is -2.20. The molecular formula is C7H13NO3. The van der Waals surface area contributed by atoms with Gasteiger partial charge < -0.3 is 5.11 Å². The van der Waals surface area contributed by atoms with Crippen molar-refractivity contribution >= 4 is 0 Å². The lowest BCUT2D eigenvalue weighted by Crippen LogP contribution is -2.43. The first kappa shape index (κ1) is 10.1. The maximum atomic E-state index is 10.3. The largest absolute Gasteiger partial charge is 0.385 e. The summed E-state index contributed by atoms with van der Waals surface area (Å²) in [6, 6.07) is 0. The third-order valence-corrected chi connectivity index (χ3v) is 1.68. The van der Waals surface area contributed by atoms with E-state index in [1.54, 1.807) is 0 Å². The Morgan fingerprint density at radius 2 is 2.27 bits per heavy atom. The Hall–Kier alpha value is -0.900. The fourth-order valence-electron chi connectivity index (χ4n) is 0.568. The third-order valence-electron chi connectivity index (χ3n) is 1.68. The van der Waals surface area contributed by atoms with E-state index in [4.69, 9.17) is 0 Å². The van der Waals surface area contributed by atoms with Gasteiger partial charge in [-0.1, -0.05) is 6.08 Å². The molecule has 0 rings (SSSR count). The molecule has 0 spiro atoms. The summed E-state index contributed by atoms with van der Waals surface area (Å²) in [6.45, 7) is 6.17. The molecule has 4 heteroatoms. The van der Waals surface area contributed by atoms with Crippen molar-refractivity contribution in [1.29, 1.82) is 0 Å². The molecule has 0 aliphatic rings. The van der Waals surface area contributed by atoms with Crippen molar-refractivity contribution in [2.24, 2.45) is 0 Å². The van der Waals surface area contributed by atoms with Crippen molar-refractivity contribution in [1.82, 2.24) is 0 Å². The zero-order chi connectivity index (χ0) is 9.07. The van der Waals surface area contributed by atoms with Crippen LogP contribution < -0.4 is 0 Å². The Morgan fingerprint density at radius 1 is 1.82 bits per heavy atom. The first-order valence-electron chi connectivity index (χ1n) is 3.36. The molecule has 11 heavy (non-hydrogen) atoms. The van der Waals surface area contributed by atoms with Crippen LogP contribution in [-0.2, 0) is 0 Å². The van der Waals surface area contributed by atoms with Crippen molar-refractivity contribution < 1.29 is 10.0 Å². The van der Waals surface area contributed by atoms with Crippen LogP contribution >= 0.6 is 0 Å². The number of aliphatic hydroxyl groups excluding tert-OH is 1. The van der Waals surface area contributed by atoms with Gasteiger partial charge in [0.25, 0.3) is 0 Å². The van der Waals surface area contributed by atoms with Crippen LogP contribution in [0.1, 0.15) is 20.3 Å². The molecule has 1 N–H and O–H groups in total. The summed E-state index contributed by atoms with van der Waals surface area (Å²) in [5.41, 5.74) is -1.28. The van der Waals surface area contributed by atoms with E-state index >= 15 is 0 Å². The second-order valence-electron chi connectivity index (χ2n) is 2.95. The Bertz CT molecular complexity index is 165. The number of hydrogen-bond donors (Lipinski definition) is 1. The maximum Gasteiger partial charge on any atom is 0.242 e. The summed E-state index contributed by atoms with van der Waals surface area (Å²) in [7, 11) is 0. The van der Waals surface area contributed by atoms with Crippen LogP contribution in [0.3, 0.4) is 0 Å². The number of rotatable bonds is 4. The Morgan fingerprint density at radius 3 is 2.55 bits per heavy atom. The predicted molar refractivity (Wildman–Crippen MR) is 41.9 cm³/mol. The molecule has 0 aromatic carbocycles. The number of nitrogens with zero attached hydrogens (tertiary/aromatic N) is 1. The van der Waals surface area contributed by atoms with Crippen molar-refractivity contribution in [3.05, 3.63) is 22.8 Å². The molecular weight excluding hydrogens is 146 g/mol. The topological polar surface area (TPSA) is 63.4 Å².